The molecule has 5 heteroatoms. The monoisotopic (exact) mass is 360 g/mol. The maximum Gasteiger partial charge on any atom is 0.236 e. The first-order valence-corrected chi connectivity index (χ1v) is 8.74. The summed E-state index contributed by atoms with van der Waals surface area (Å²) in [5.74, 6) is 0.930. The van der Waals surface area contributed by atoms with Gasteiger partial charge in [-0.25, -0.2) is 0 Å². The van der Waals surface area contributed by atoms with Gasteiger partial charge in [-0.15, -0.1) is 0 Å². The van der Waals surface area contributed by atoms with Crippen molar-refractivity contribution in [3.8, 4) is 5.75 Å². The molecule has 0 saturated heterocycles. The van der Waals surface area contributed by atoms with E-state index in [2.05, 4.69) is 0 Å². The minimum Gasteiger partial charge on any atom is -0.494 e. The summed E-state index contributed by atoms with van der Waals surface area (Å²) in [6, 6.07) is 15.6. The van der Waals surface area contributed by atoms with Crippen LogP contribution in [-0.4, -0.2) is 43.0 Å². The Morgan fingerprint density at radius 3 is 2.40 bits per heavy atom. The molecule has 0 N–H and O–H groups in total. The molecule has 2 aromatic rings. The van der Waals surface area contributed by atoms with E-state index in [9.17, 15) is 4.79 Å². The Hall–Kier alpha value is -2.04. The summed E-state index contributed by atoms with van der Waals surface area (Å²) < 4.78 is 5.43. The number of likely N-dealkylation sites (N-methyl/N-ethyl adjacent to an activating group) is 2. The molecule has 0 atom stereocenters. The molecule has 0 radical (unpaired) electrons. The van der Waals surface area contributed by atoms with Crippen LogP contribution >= 0.6 is 11.6 Å². The summed E-state index contributed by atoms with van der Waals surface area (Å²) in [5, 5.41) is 0.713. The maximum atomic E-state index is 12.4. The summed E-state index contributed by atoms with van der Waals surface area (Å²) >= 11 is 6.00. The Labute approximate surface area is 155 Å². The lowest BCUT2D eigenvalue weighted by Crippen LogP contribution is -2.36. The van der Waals surface area contributed by atoms with Crippen LogP contribution < -0.4 is 4.74 Å². The van der Waals surface area contributed by atoms with Crippen LogP contribution in [0.2, 0.25) is 5.02 Å². The van der Waals surface area contributed by atoms with Crippen molar-refractivity contribution in [3.63, 3.8) is 0 Å². The largest absolute Gasteiger partial charge is 0.494 e. The van der Waals surface area contributed by atoms with E-state index in [0.717, 1.165) is 16.9 Å². The van der Waals surface area contributed by atoms with E-state index in [1.807, 2.05) is 74.4 Å². The number of halogens is 1. The molecule has 2 rings (SSSR count). The quantitative estimate of drug-likeness (QED) is 0.717. The number of nitrogens with zero attached hydrogens (tertiary/aromatic N) is 2. The minimum atomic E-state index is 0.0819. The third-order valence-electron chi connectivity index (χ3n) is 3.83. The van der Waals surface area contributed by atoms with E-state index in [4.69, 9.17) is 16.3 Å². The summed E-state index contributed by atoms with van der Waals surface area (Å²) in [6.07, 6.45) is 0. The normalized spacial score (nSPS) is 10.8. The lowest BCUT2D eigenvalue weighted by molar-refractivity contribution is -0.131. The van der Waals surface area contributed by atoms with Gasteiger partial charge < -0.3 is 9.64 Å². The number of rotatable bonds is 8. The van der Waals surface area contributed by atoms with Crippen LogP contribution in [0, 0.1) is 0 Å². The van der Waals surface area contributed by atoms with E-state index in [1.54, 1.807) is 4.90 Å². The number of hydrogen-bond acceptors (Lipinski definition) is 3. The number of ether oxygens (including phenoxy) is 1. The predicted molar refractivity (Wildman–Crippen MR) is 102 cm³/mol. The number of benzene rings is 2. The van der Waals surface area contributed by atoms with Gasteiger partial charge in [0.2, 0.25) is 5.91 Å². The molecule has 25 heavy (non-hydrogen) atoms. The van der Waals surface area contributed by atoms with Crippen LogP contribution in [0.1, 0.15) is 18.1 Å². The molecule has 0 fully saturated rings. The molecule has 0 spiro atoms. The van der Waals surface area contributed by atoms with Gasteiger partial charge >= 0.3 is 0 Å². The van der Waals surface area contributed by atoms with E-state index in [-0.39, 0.29) is 5.91 Å². The van der Waals surface area contributed by atoms with Gasteiger partial charge in [0.25, 0.3) is 0 Å². The van der Waals surface area contributed by atoms with Crippen molar-refractivity contribution >= 4 is 17.5 Å². The van der Waals surface area contributed by atoms with Crippen molar-refractivity contribution in [1.29, 1.82) is 0 Å². The van der Waals surface area contributed by atoms with Gasteiger partial charge in [-0.2, -0.15) is 0 Å². The van der Waals surface area contributed by atoms with Gasteiger partial charge in [0.1, 0.15) is 5.75 Å². The van der Waals surface area contributed by atoms with Gasteiger partial charge in [0.15, 0.2) is 0 Å². The van der Waals surface area contributed by atoms with E-state index >= 15 is 0 Å². The minimum absolute atomic E-state index is 0.0819. The smallest absolute Gasteiger partial charge is 0.236 e. The van der Waals surface area contributed by atoms with Crippen LogP contribution in [0.3, 0.4) is 0 Å². The average Bonchev–Trinajstić information content (AvgIpc) is 2.56. The van der Waals surface area contributed by atoms with Crippen LogP contribution in [0.5, 0.6) is 5.75 Å². The first-order valence-electron chi connectivity index (χ1n) is 8.36. The zero-order valence-corrected chi connectivity index (χ0v) is 15.8. The molecule has 2 aromatic carbocycles. The van der Waals surface area contributed by atoms with E-state index in [0.29, 0.717) is 31.3 Å². The summed E-state index contributed by atoms with van der Waals surface area (Å²) in [4.78, 5) is 16.1. The summed E-state index contributed by atoms with van der Waals surface area (Å²) in [7, 11) is 3.76. The molecule has 0 bridgehead atoms. The highest BCUT2D eigenvalue weighted by Crippen LogP contribution is 2.14. The Morgan fingerprint density at radius 2 is 1.76 bits per heavy atom. The first kappa shape index (κ1) is 19.3. The molecule has 4 nitrogen and oxygen atoms in total. The zero-order valence-electron chi connectivity index (χ0n) is 15.0. The lowest BCUT2D eigenvalue weighted by atomic mass is 10.2. The fourth-order valence-corrected chi connectivity index (χ4v) is 2.79. The Balaban J connectivity index is 1.84. The second kappa shape index (κ2) is 9.44. The number of amides is 1. The molecule has 0 heterocycles. The van der Waals surface area contributed by atoms with E-state index in [1.165, 1.54) is 0 Å². The highest BCUT2D eigenvalue weighted by Gasteiger charge is 2.12. The van der Waals surface area contributed by atoms with Crippen LogP contribution in [0.25, 0.3) is 0 Å². The molecule has 0 unspecified atom stereocenters. The average molecular weight is 361 g/mol. The maximum absolute atomic E-state index is 12.4. The molecule has 0 aliphatic rings. The molecular weight excluding hydrogens is 336 g/mol. The van der Waals surface area contributed by atoms with Crippen LogP contribution in [0.4, 0.5) is 0 Å². The highest BCUT2D eigenvalue weighted by atomic mass is 35.5. The third kappa shape index (κ3) is 6.40. The Kier molecular flexibility index (Phi) is 7.29. The topological polar surface area (TPSA) is 32.8 Å². The van der Waals surface area contributed by atoms with Crippen molar-refractivity contribution in [2.75, 3.05) is 27.2 Å². The number of carbonyl (C=O) groups is 1. The zero-order chi connectivity index (χ0) is 18.2. The second-order valence-corrected chi connectivity index (χ2v) is 6.57. The lowest BCUT2D eigenvalue weighted by Gasteiger charge is -2.22. The molecular formula is C20H25ClN2O2. The van der Waals surface area contributed by atoms with Gasteiger partial charge in [-0.3, -0.25) is 9.69 Å². The first-order chi connectivity index (χ1) is 12.0. The second-order valence-electron chi connectivity index (χ2n) is 6.13. The van der Waals surface area contributed by atoms with Crippen LogP contribution in [0.15, 0.2) is 48.5 Å². The molecule has 0 aliphatic heterocycles. The van der Waals surface area contributed by atoms with Crippen LogP contribution in [-0.2, 0) is 17.9 Å². The van der Waals surface area contributed by atoms with Gasteiger partial charge in [0.05, 0.1) is 13.2 Å². The van der Waals surface area contributed by atoms with Gasteiger partial charge in [-0.05, 0) is 49.4 Å². The van der Waals surface area contributed by atoms with Crippen molar-refractivity contribution in [3.05, 3.63) is 64.7 Å². The predicted octanol–water partition coefficient (Wildman–Crippen LogP) is 3.83. The fourth-order valence-electron chi connectivity index (χ4n) is 2.57. The van der Waals surface area contributed by atoms with Crippen molar-refractivity contribution in [2.24, 2.45) is 0 Å². The molecule has 0 saturated carbocycles. The molecule has 1 amide bonds. The van der Waals surface area contributed by atoms with Crippen molar-refractivity contribution < 1.29 is 9.53 Å². The Bertz CT molecular complexity index is 688. The number of carbonyl (C=O) groups excluding carboxylic acids is 1. The van der Waals surface area contributed by atoms with E-state index < -0.39 is 0 Å². The third-order valence-corrected chi connectivity index (χ3v) is 4.06. The van der Waals surface area contributed by atoms with Gasteiger partial charge in [-0.1, -0.05) is 35.9 Å². The summed E-state index contributed by atoms with van der Waals surface area (Å²) in [6.45, 7) is 4.23. The summed E-state index contributed by atoms with van der Waals surface area (Å²) in [5.41, 5.74) is 2.17. The fraction of sp³-hybridized carbons (Fsp3) is 0.350. The standard InChI is InChI=1S/C20H25ClN2O2/c1-4-25-19-10-8-16(9-11-19)14-23(3)20(24)15-22(2)13-17-6-5-7-18(21)12-17/h5-12H,4,13-15H2,1-3H3. The molecule has 0 aliphatic carbocycles. The number of hydrogen-bond donors (Lipinski definition) is 0. The van der Waals surface area contributed by atoms with Gasteiger partial charge in [0, 0.05) is 25.2 Å². The van der Waals surface area contributed by atoms with Crippen molar-refractivity contribution in [1.82, 2.24) is 9.80 Å². The molecule has 0 aromatic heterocycles. The molecule has 134 valence electrons. The van der Waals surface area contributed by atoms with Crippen molar-refractivity contribution in [2.45, 2.75) is 20.0 Å². The SMILES string of the molecule is CCOc1ccc(CN(C)C(=O)CN(C)Cc2cccc(Cl)c2)cc1. The Morgan fingerprint density at radius 1 is 1.04 bits per heavy atom. The highest BCUT2D eigenvalue weighted by molar-refractivity contribution is 6.30.